The summed E-state index contributed by atoms with van der Waals surface area (Å²) in [5.41, 5.74) is 5.18. The molecule has 1 heterocycles. The smallest absolute Gasteiger partial charge is 0.231 e. The number of rotatable bonds is 2. The van der Waals surface area contributed by atoms with E-state index in [1.807, 2.05) is 0 Å². The fourth-order valence-corrected chi connectivity index (χ4v) is 2.12. The third kappa shape index (κ3) is 2.68. The van der Waals surface area contributed by atoms with Gasteiger partial charge >= 0.3 is 0 Å². The highest BCUT2D eigenvalue weighted by atomic mass is 79.9. The van der Waals surface area contributed by atoms with Gasteiger partial charge in [0.05, 0.1) is 19.1 Å². The Bertz CT molecular complexity index is 461. The molecule has 0 saturated carbocycles. The summed E-state index contributed by atoms with van der Waals surface area (Å²) >= 11 is 2.96. The quantitative estimate of drug-likeness (QED) is 0.870. The topological polar surface area (TPSA) is 64.3 Å². The minimum atomic E-state index is -0.845. The number of amides is 1. The summed E-state index contributed by atoms with van der Waals surface area (Å²) in [6, 6.07) is 1.69. The average molecular weight is 321 g/mol. The zero-order valence-electron chi connectivity index (χ0n) is 9.25. The molecule has 0 spiro atoms. The van der Waals surface area contributed by atoms with E-state index in [0.29, 0.717) is 0 Å². The third-order valence-corrected chi connectivity index (χ3v) is 3.17. The number of hydrogen-bond acceptors (Lipinski definition) is 3. The van der Waals surface area contributed by atoms with E-state index in [-0.39, 0.29) is 17.7 Å². The largest absolute Gasteiger partial charge is 0.379 e. The monoisotopic (exact) mass is 320 g/mol. The van der Waals surface area contributed by atoms with Crippen molar-refractivity contribution in [2.75, 3.05) is 18.5 Å². The van der Waals surface area contributed by atoms with Crippen LogP contribution in [0.4, 0.5) is 14.5 Å². The molecule has 2 unspecified atom stereocenters. The van der Waals surface area contributed by atoms with Crippen molar-refractivity contribution < 1.29 is 18.3 Å². The molecule has 1 aromatic carbocycles. The second-order valence-corrected chi connectivity index (χ2v) is 4.96. The van der Waals surface area contributed by atoms with Crippen molar-refractivity contribution in [2.45, 2.75) is 6.04 Å². The number of ether oxygens (including phenoxy) is 1. The van der Waals surface area contributed by atoms with Crippen LogP contribution in [-0.2, 0) is 9.53 Å². The van der Waals surface area contributed by atoms with Crippen LogP contribution in [-0.4, -0.2) is 25.2 Å². The van der Waals surface area contributed by atoms with Crippen LogP contribution in [0.5, 0.6) is 0 Å². The second kappa shape index (κ2) is 5.29. The molecule has 2 rings (SSSR count). The molecule has 0 aliphatic carbocycles. The lowest BCUT2D eigenvalue weighted by atomic mass is 10.0. The number of carbonyl (C=O) groups excluding carboxylic acids is 1. The van der Waals surface area contributed by atoms with E-state index in [4.69, 9.17) is 10.5 Å². The van der Waals surface area contributed by atoms with Crippen molar-refractivity contribution in [3.63, 3.8) is 0 Å². The van der Waals surface area contributed by atoms with E-state index in [2.05, 4.69) is 21.2 Å². The van der Waals surface area contributed by atoms with Crippen molar-refractivity contribution >= 4 is 27.5 Å². The lowest BCUT2D eigenvalue weighted by molar-refractivity contribution is -0.120. The molecule has 1 aliphatic heterocycles. The fraction of sp³-hybridized carbons (Fsp3) is 0.364. The molecule has 98 valence electrons. The van der Waals surface area contributed by atoms with Crippen molar-refractivity contribution in [1.82, 2.24) is 0 Å². The first-order valence-electron chi connectivity index (χ1n) is 5.27. The van der Waals surface area contributed by atoms with Crippen LogP contribution >= 0.6 is 15.9 Å². The molecule has 18 heavy (non-hydrogen) atoms. The van der Waals surface area contributed by atoms with Gasteiger partial charge in [-0.3, -0.25) is 4.79 Å². The van der Waals surface area contributed by atoms with E-state index in [0.717, 1.165) is 12.1 Å². The van der Waals surface area contributed by atoms with Gasteiger partial charge in [-0.2, -0.15) is 0 Å². The van der Waals surface area contributed by atoms with E-state index in [9.17, 15) is 13.6 Å². The number of nitrogens with two attached hydrogens (primary N) is 1. The molecule has 0 aromatic heterocycles. The minimum absolute atomic E-state index is 0.159. The fourth-order valence-electron chi connectivity index (χ4n) is 1.72. The molecule has 3 N–H and O–H groups in total. The van der Waals surface area contributed by atoms with Crippen LogP contribution in [0.1, 0.15) is 0 Å². The summed E-state index contributed by atoms with van der Waals surface area (Å²) in [6.07, 6.45) is 0. The Morgan fingerprint density at radius 3 is 2.50 bits per heavy atom. The van der Waals surface area contributed by atoms with Gasteiger partial charge in [-0.1, -0.05) is 15.9 Å². The van der Waals surface area contributed by atoms with Gasteiger partial charge in [0, 0.05) is 10.5 Å². The molecular formula is C11H11BrF2N2O2. The Labute approximate surface area is 111 Å². The number of hydrogen-bond donors (Lipinski definition) is 2. The highest BCUT2D eigenvalue weighted by Crippen LogP contribution is 2.25. The predicted octanol–water partition coefficient (Wildman–Crippen LogP) is 1.64. The molecule has 7 heteroatoms. The normalized spacial score (nSPS) is 23.1. The van der Waals surface area contributed by atoms with E-state index in [1.54, 1.807) is 0 Å². The SMILES string of the molecule is NC1COCC1C(=O)Nc1c(F)cc(Br)cc1F. The molecule has 1 aliphatic rings. The van der Waals surface area contributed by atoms with Crippen molar-refractivity contribution in [1.29, 1.82) is 0 Å². The standard InChI is InChI=1S/C11H11BrF2N2O2/c12-5-1-7(13)10(8(14)2-5)16-11(17)6-3-18-4-9(6)15/h1-2,6,9H,3-4,15H2,(H,16,17). The Kier molecular flexibility index (Phi) is 3.94. The maximum atomic E-state index is 13.5. The second-order valence-electron chi connectivity index (χ2n) is 4.04. The number of carbonyl (C=O) groups is 1. The first-order chi connectivity index (χ1) is 8.49. The highest BCUT2D eigenvalue weighted by molar-refractivity contribution is 9.10. The zero-order chi connectivity index (χ0) is 13.3. The maximum absolute atomic E-state index is 13.5. The van der Waals surface area contributed by atoms with E-state index in [1.165, 1.54) is 0 Å². The summed E-state index contributed by atoms with van der Waals surface area (Å²) in [5, 5.41) is 2.21. The van der Waals surface area contributed by atoms with Crippen molar-refractivity contribution in [3.05, 3.63) is 28.2 Å². The highest BCUT2D eigenvalue weighted by Gasteiger charge is 2.32. The summed E-state index contributed by atoms with van der Waals surface area (Å²) < 4.78 is 32.3. The van der Waals surface area contributed by atoms with E-state index >= 15 is 0 Å². The van der Waals surface area contributed by atoms with Gasteiger partial charge in [0.25, 0.3) is 0 Å². The minimum Gasteiger partial charge on any atom is -0.379 e. The van der Waals surface area contributed by atoms with Gasteiger partial charge in [-0.15, -0.1) is 0 Å². The molecule has 0 bridgehead atoms. The summed E-state index contributed by atoms with van der Waals surface area (Å²) in [6.45, 7) is 0.427. The van der Waals surface area contributed by atoms with Crippen LogP contribution in [0.15, 0.2) is 16.6 Å². The first-order valence-corrected chi connectivity index (χ1v) is 6.07. The summed E-state index contributed by atoms with van der Waals surface area (Å²) in [4.78, 5) is 11.8. The van der Waals surface area contributed by atoms with Crippen LogP contribution < -0.4 is 11.1 Å². The lowest BCUT2D eigenvalue weighted by Gasteiger charge is -2.14. The number of anilines is 1. The Balaban J connectivity index is 2.17. The van der Waals surface area contributed by atoms with Crippen LogP contribution in [0, 0.1) is 17.6 Å². The predicted molar refractivity (Wildman–Crippen MR) is 65.0 cm³/mol. The van der Waals surface area contributed by atoms with Gasteiger partial charge in [0.2, 0.25) is 5.91 Å². The lowest BCUT2D eigenvalue weighted by Crippen LogP contribution is -2.37. The molecule has 4 nitrogen and oxygen atoms in total. The van der Waals surface area contributed by atoms with Gasteiger partial charge in [0.1, 0.15) is 5.69 Å². The number of halogens is 3. The molecule has 2 atom stereocenters. The Morgan fingerprint density at radius 2 is 2.00 bits per heavy atom. The molecule has 1 saturated heterocycles. The maximum Gasteiger partial charge on any atom is 0.231 e. The molecule has 0 radical (unpaired) electrons. The van der Waals surface area contributed by atoms with Gasteiger partial charge in [0.15, 0.2) is 11.6 Å². The van der Waals surface area contributed by atoms with Crippen molar-refractivity contribution in [3.8, 4) is 0 Å². The van der Waals surface area contributed by atoms with Crippen LogP contribution in [0.2, 0.25) is 0 Å². The van der Waals surface area contributed by atoms with Gasteiger partial charge in [-0.25, -0.2) is 8.78 Å². The number of nitrogens with one attached hydrogen (secondary N) is 1. The Hall–Kier alpha value is -1.05. The van der Waals surface area contributed by atoms with Gasteiger partial charge in [-0.05, 0) is 12.1 Å². The van der Waals surface area contributed by atoms with E-state index < -0.39 is 35.2 Å². The molecule has 1 aromatic rings. The van der Waals surface area contributed by atoms with Gasteiger partial charge < -0.3 is 15.8 Å². The molecule has 1 amide bonds. The summed E-state index contributed by atoms with van der Waals surface area (Å²) in [5.74, 6) is -2.82. The first kappa shape index (κ1) is 13.4. The van der Waals surface area contributed by atoms with Crippen molar-refractivity contribution in [2.24, 2.45) is 11.7 Å². The molecular weight excluding hydrogens is 310 g/mol. The van der Waals surface area contributed by atoms with Crippen LogP contribution in [0.25, 0.3) is 0 Å². The summed E-state index contributed by atoms with van der Waals surface area (Å²) in [7, 11) is 0. The number of benzene rings is 1. The molecule has 1 fully saturated rings. The third-order valence-electron chi connectivity index (χ3n) is 2.72. The zero-order valence-corrected chi connectivity index (χ0v) is 10.8. The Morgan fingerprint density at radius 1 is 1.39 bits per heavy atom. The average Bonchev–Trinajstić information content (AvgIpc) is 2.69. The van der Waals surface area contributed by atoms with Crippen LogP contribution in [0.3, 0.4) is 0 Å².